The van der Waals surface area contributed by atoms with Gasteiger partial charge in [0.15, 0.2) is 0 Å². The van der Waals surface area contributed by atoms with Gasteiger partial charge in [-0.05, 0) is 79.6 Å². The maximum atomic E-state index is 11.0. The Hall–Kier alpha value is -2.53. The molecule has 0 saturated heterocycles. The van der Waals surface area contributed by atoms with E-state index in [1.807, 2.05) is 6.07 Å². The van der Waals surface area contributed by atoms with Gasteiger partial charge in [-0.3, -0.25) is 0 Å². The first-order valence-electron chi connectivity index (χ1n) is 10.7. The third kappa shape index (κ3) is 7.78. The Morgan fingerprint density at radius 1 is 0.897 bits per heavy atom. The number of primary amides is 1. The van der Waals surface area contributed by atoms with Crippen molar-refractivity contribution in [1.29, 1.82) is 0 Å². The minimum absolute atomic E-state index is 0.0198. The standard InChI is InChI=1S/C24H35N3O2/c1-3-5-7-18-8-10-20(21(16-18)6-4-2)13-15-26-14-12-19-9-11-23(28)22(17-19)27-24(25)29/h8-11,16-17,26,28H,3-7,12-15H2,1-2H3,(H3,25,27,29). The number of amides is 2. The lowest BCUT2D eigenvalue weighted by Gasteiger charge is -2.12. The van der Waals surface area contributed by atoms with Crippen LogP contribution >= 0.6 is 0 Å². The summed E-state index contributed by atoms with van der Waals surface area (Å²) in [7, 11) is 0. The van der Waals surface area contributed by atoms with Gasteiger partial charge in [0, 0.05) is 0 Å². The zero-order valence-electron chi connectivity index (χ0n) is 17.8. The minimum Gasteiger partial charge on any atom is -0.506 e. The average molecular weight is 398 g/mol. The fourth-order valence-electron chi connectivity index (χ4n) is 3.51. The van der Waals surface area contributed by atoms with E-state index in [0.717, 1.165) is 37.9 Å². The highest BCUT2D eigenvalue weighted by Crippen LogP contribution is 2.24. The number of nitrogens with two attached hydrogens (primary N) is 1. The van der Waals surface area contributed by atoms with E-state index in [2.05, 4.69) is 42.7 Å². The summed E-state index contributed by atoms with van der Waals surface area (Å²) in [5.41, 5.74) is 10.9. The number of urea groups is 1. The highest BCUT2D eigenvalue weighted by Gasteiger charge is 2.06. The van der Waals surface area contributed by atoms with Crippen LogP contribution in [0.15, 0.2) is 36.4 Å². The smallest absolute Gasteiger partial charge is 0.316 e. The Morgan fingerprint density at radius 3 is 2.34 bits per heavy atom. The Balaban J connectivity index is 1.83. The molecule has 0 atom stereocenters. The Bertz CT molecular complexity index is 790. The van der Waals surface area contributed by atoms with Crippen LogP contribution in [0.3, 0.4) is 0 Å². The number of carbonyl (C=O) groups is 1. The van der Waals surface area contributed by atoms with Crippen LogP contribution in [0.25, 0.3) is 0 Å². The molecule has 2 amide bonds. The van der Waals surface area contributed by atoms with Crippen LogP contribution < -0.4 is 16.4 Å². The second-order valence-electron chi connectivity index (χ2n) is 7.55. The number of hydrogen-bond acceptors (Lipinski definition) is 3. The molecule has 5 nitrogen and oxygen atoms in total. The fourth-order valence-corrected chi connectivity index (χ4v) is 3.51. The van der Waals surface area contributed by atoms with Crippen molar-refractivity contribution in [1.82, 2.24) is 5.32 Å². The number of aryl methyl sites for hydroxylation is 2. The van der Waals surface area contributed by atoms with Gasteiger partial charge in [0.25, 0.3) is 0 Å². The largest absolute Gasteiger partial charge is 0.506 e. The van der Waals surface area contributed by atoms with Crippen LogP contribution in [-0.4, -0.2) is 24.2 Å². The van der Waals surface area contributed by atoms with Crippen molar-refractivity contribution in [2.75, 3.05) is 18.4 Å². The second kappa shape index (κ2) is 12.1. The summed E-state index contributed by atoms with van der Waals surface area (Å²) in [6, 6.07) is 11.5. The number of nitrogens with one attached hydrogen (secondary N) is 2. The summed E-state index contributed by atoms with van der Waals surface area (Å²) in [6.45, 7) is 6.23. The maximum Gasteiger partial charge on any atom is 0.316 e. The number of rotatable bonds is 12. The van der Waals surface area contributed by atoms with Gasteiger partial charge in [-0.25, -0.2) is 4.79 Å². The first-order chi connectivity index (χ1) is 14.0. The number of unbranched alkanes of at least 4 members (excludes halogenated alkanes) is 1. The molecule has 5 N–H and O–H groups in total. The molecule has 0 aromatic heterocycles. The monoisotopic (exact) mass is 397 g/mol. The Kier molecular flexibility index (Phi) is 9.51. The Morgan fingerprint density at radius 2 is 1.62 bits per heavy atom. The first-order valence-corrected chi connectivity index (χ1v) is 10.7. The summed E-state index contributed by atoms with van der Waals surface area (Å²) in [5.74, 6) is 0.0198. The molecule has 0 unspecified atom stereocenters. The van der Waals surface area contributed by atoms with Gasteiger partial charge < -0.3 is 21.5 Å². The van der Waals surface area contributed by atoms with Crippen LogP contribution in [0.4, 0.5) is 10.5 Å². The SMILES string of the molecule is CCCCc1ccc(CCNCCc2ccc(O)c(NC(N)=O)c2)c(CCC)c1. The number of phenols is 1. The predicted molar refractivity (Wildman–Crippen MR) is 121 cm³/mol. The highest BCUT2D eigenvalue weighted by atomic mass is 16.3. The molecule has 0 bridgehead atoms. The van der Waals surface area contributed by atoms with E-state index in [4.69, 9.17) is 5.73 Å². The minimum atomic E-state index is -0.681. The lowest BCUT2D eigenvalue weighted by molar-refractivity contribution is 0.259. The topological polar surface area (TPSA) is 87.4 Å². The van der Waals surface area contributed by atoms with Gasteiger partial charge in [-0.2, -0.15) is 0 Å². The third-order valence-corrected chi connectivity index (χ3v) is 5.09. The van der Waals surface area contributed by atoms with Gasteiger partial charge in [0.1, 0.15) is 5.75 Å². The van der Waals surface area contributed by atoms with E-state index in [-0.39, 0.29) is 5.75 Å². The van der Waals surface area contributed by atoms with E-state index >= 15 is 0 Å². The highest BCUT2D eigenvalue weighted by molar-refractivity contribution is 5.89. The molecular formula is C24H35N3O2. The number of aromatic hydroxyl groups is 1. The molecule has 2 aromatic carbocycles. The molecule has 0 heterocycles. The molecular weight excluding hydrogens is 362 g/mol. The first kappa shape index (κ1) is 22.8. The Labute approximate surface area is 174 Å². The van der Waals surface area contributed by atoms with E-state index in [9.17, 15) is 9.90 Å². The second-order valence-corrected chi connectivity index (χ2v) is 7.55. The molecule has 0 saturated carbocycles. The zero-order chi connectivity index (χ0) is 21.1. The summed E-state index contributed by atoms with van der Waals surface area (Å²) in [5, 5.41) is 15.7. The van der Waals surface area contributed by atoms with E-state index < -0.39 is 6.03 Å². The van der Waals surface area contributed by atoms with Gasteiger partial charge >= 0.3 is 6.03 Å². The molecule has 5 heteroatoms. The fraction of sp³-hybridized carbons (Fsp3) is 0.458. The van der Waals surface area contributed by atoms with E-state index in [1.165, 1.54) is 42.4 Å². The van der Waals surface area contributed by atoms with Crippen molar-refractivity contribution in [3.05, 3.63) is 58.7 Å². The van der Waals surface area contributed by atoms with Crippen LogP contribution in [0.2, 0.25) is 0 Å². The number of benzene rings is 2. The quantitative estimate of drug-likeness (QED) is 0.313. The lowest BCUT2D eigenvalue weighted by Crippen LogP contribution is -2.21. The van der Waals surface area contributed by atoms with E-state index in [1.54, 1.807) is 12.1 Å². The van der Waals surface area contributed by atoms with Crippen LogP contribution in [0, 0.1) is 0 Å². The number of hydrogen-bond donors (Lipinski definition) is 4. The lowest BCUT2D eigenvalue weighted by atomic mass is 9.96. The van der Waals surface area contributed by atoms with Crippen molar-refractivity contribution in [2.24, 2.45) is 5.73 Å². The normalized spacial score (nSPS) is 10.8. The molecule has 0 fully saturated rings. The molecule has 0 spiro atoms. The van der Waals surface area contributed by atoms with Gasteiger partial charge in [-0.1, -0.05) is 51.0 Å². The molecule has 29 heavy (non-hydrogen) atoms. The van der Waals surface area contributed by atoms with Crippen molar-refractivity contribution in [3.63, 3.8) is 0 Å². The summed E-state index contributed by atoms with van der Waals surface area (Å²) >= 11 is 0. The molecule has 2 rings (SSSR count). The molecule has 0 aliphatic heterocycles. The average Bonchev–Trinajstić information content (AvgIpc) is 2.69. The third-order valence-electron chi connectivity index (χ3n) is 5.09. The van der Waals surface area contributed by atoms with E-state index in [0.29, 0.717) is 5.69 Å². The van der Waals surface area contributed by atoms with Crippen LogP contribution in [0.5, 0.6) is 5.75 Å². The van der Waals surface area contributed by atoms with Gasteiger partial charge in [0.05, 0.1) is 5.69 Å². The van der Waals surface area contributed by atoms with Crippen molar-refractivity contribution in [2.45, 2.75) is 58.8 Å². The van der Waals surface area contributed by atoms with Gasteiger partial charge in [-0.15, -0.1) is 0 Å². The summed E-state index contributed by atoms with van der Waals surface area (Å²) in [6.07, 6.45) is 7.79. The van der Waals surface area contributed by atoms with Crippen molar-refractivity contribution < 1.29 is 9.90 Å². The molecule has 0 aliphatic rings. The zero-order valence-corrected chi connectivity index (χ0v) is 17.8. The predicted octanol–water partition coefficient (Wildman–Crippen LogP) is 4.55. The molecule has 2 aromatic rings. The van der Waals surface area contributed by atoms with Gasteiger partial charge in [0.2, 0.25) is 0 Å². The number of anilines is 1. The van der Waals surface area contributed by atoms with Crippen molar-refractivity contribution >= 4 is 11.7 Å². The molecule has 158 valence electrons. The van der Waals surface area contributed by atoms with Crippen molar-refractivity contribution in [3.8, 4) is 5.75 Å². The molecule has 0 radical (unpaired) electrons. The maximum absolute atomic E-state index is 11.0. The number of phenolic OH excluding ortho intramolecular Hbond substituents is 1. The molecule has 0 aliphatic carbocycles. The van der Waals surface area contributed by atoms with Crippen LogP contribution in [0.1, 0.15) is 55.4 Å². The summed E-state index contributed by atoms with van der Waals surface area (Å²) in [4.78, 5) is 11.0. The number of carbonyl (C=O) groups excluding carboxylic acids is 1. The summed E-state index contributed by atoms with van der Waals surface area (Å²) < 4.78 is 0. The van der Waals surface area contributed by atoms with Crippen LogP contribution in [-0.2, 0) is 25.7 Å².